The lowest BCUT2D eigenvalue weighted by molar-refractivity contribution is -0.140. The van der Waals surface area contributed by atoms with Gasteiger partial charge in [0.2, 0.25) is 11.8 Å². The molecule has 1 aromatic rings. The molecule has 4 aliphatic heterocycles. The molecule has 5 rings (SSSR count). The monoisotopic (exact) mass is 454 g/mol. The van der Waals surface area contributed by atoms with Gasteiger partial charge >= 0.3 is 0 Å². The van der Waals surface area contributed by atoms with Gasteiger partial charge in [0.05, 0.1) is 22.8 Å². The average molecular weight is 455 g/mol. The number of piperidine rings is 2. The van der Waals surface area contributed by atoms with Crippen LogP contribution in [0.1, 0.15) is 71.2 Å². The summed E-state index contributed by atoms with van der Waals surface area (Å²) in [6, 6.07) is 4.26. The Morgan fingerprint density at radius 3 is 2.67 bits per heavy atom. The Balaban J connectivity index is 1.25. The molecule has 0 radical (unpaired) electrons. The van der Waals surface area contributed by atoms with Crippen molar-refractivity contribution in [2.24, 2.45) is 0 Å². The van der Waals surface area contributed by atoms with Gasteiger partial charge in [0.25, 0.3) is 11.8 Å². The summed E-state index contributed by atoms with van der Waals surface area (Å²) in [5.74, 6) is -1.92. The molecule has 1 aromatic carbocycles. The third-order valence-corrected chi connectivity index (χ3v) is 7.33. The summed E-state index contributed by atoms with van der Waals surface area (Å²) in [5.41, 5.74) is 1.38. The van der Waals surface area contributed by atoms with E-state index in [9.17, 15) is 19.2 Å². The van der Waals surface area contributed by atoms with E-state index in [1.165, 1.54) is 0 Å². The highest BCUT2D eigenvalue weighted by atomic mass is 16.5. The van der Waals surface area contributed by atoms with E-state index in [4.69, 9.17) is 4.74 Å². The van der Waals surface area contributed by atoms with E-state index < -0.39 is 23.8 Å². The quantitative estimate of drug-likeness (QED) is 0.565. The van der Waals surface area contributed by atoms with E-state index in [1.807, 2.05) is 6.07 Å². The molecule has 3 saturated heterocycles. The predicted molar refractivity (Wildman–Crippen MR) is 118 cm³/mol. The Labute approximate surface area is 192 Å². The minimum absolute atomic E-state index is 0.00528. The number of nitrogens with zero attached hydrogens (tertiary/aromatic N) is 1. The molecule has 2 atom stereocenters. The normalized spacial score (nSPS) is 27.1. The van der Waals surface area contributed by atoms with Crippen molar-refractivity contribution in [3.8, 4) is 0 Å². The zero-order valence-corrected chi connectivity index (χ0v) is 18.7. The molecule has 4 amide bonds. The number of fused-ring (bicyclic) bond motifs is 1. The summed E-state index contributed by atoms with van der Waals surface area (Å²) in [4.78, 5) is 51.0. The fourth-order valence-corrected chi connectivity index (χ4v) is 5.62. The number of benzene rings is 1. The maximum Gasteiger partial charge on any atom is 0.262 e. The molecule has 0 aliphatic carbocycles. The fourth-order valence-electron chi connectivity index (χ4n) is 5.62. The fraction of sp³-hybridized carbons (Fsp3) is 0.583. The zero-order valence-electron chi connectivity index (χ0n) is 18.7. The summed E-state index contributed by atoms with van der Waals surface area (Å²) in [6.07, 6.45) is 5.76. The number of ether oxygens (including phenoxy) is 1. The third kappa shape index (κ3) is 4.20. The molecule has 4 aliphatic rings. The number of rotatable bonds is 5. The van der Waals surface area contributed by atoms with Gasteiger partial charge in [0.1, 0.15) is 6.04 Å². The van der Waals surface area contributed by atoms with Gasteiger partial charge in [-0.2, -0.15) is 0 Å². The first-order valence-corrected chi connectivity index (χ1v) is 11.9. The lowest BCUT2D eigenvalue weighted by Crippen LogP contribution is -2.54. The van der Waals surface area contributed by atoms with Crippen molar-refractivity contribution in [2.75, 3.05) is 19.6 Å². The summed E-state index contributed by atoms with van der Waals surface area (Å²) in [6.45, 7) is 3.10. The van der Waals surface area contributed by atoms with Crippen molar-refractivity contribution in [1.82, 2.24) is 20.9 Å². The second kappa shape index (κ2) is 8.96. The van der Waals surface area contributed by atoms with Gasteiger partial charge in [-0.3, -0.25) is 29.4 Å². The van der Waals surface area contributed by atoms with Crippen LogP contribution in [0.2, 0.25) is 0 Å². The van der Waals surface area contributed by atoms with Crippen LogP contribution >= 0.6 is 0 Å². The van der Waals surface area contributed by atoms with E-state index in [0.717, 1.165) is 55.7 Å². The number of carbonyl (C=O) groups excluding carboxylic acids is 4. The molecular weight excluding hydrogens is 424 g/mol. The van der Waals surface area contributed by atoms with Crippen LogP contribution in [0.5, 0.6) is 0 Å². The van der Waals surface area contributed by atoms with Gasteiger partial charge < -0.3 is 15.4 Å². The minimum Gasteiger partial charge on any atom is -0.370 e. The van der Waals surface area contributed by atoms with Crippen molar-refractivity contribution in [1.29, 1.82) is 0 Å². The Bertz CT molecular complexity index is 982. The van der Waals surface area contributed by atoms with E-state index in [2.05, 4.69) is 16.0 Å². The summed E-state index contributed by atoms with van der Waals surface area (Å²) in [5, 5.41) is 9.05. The highest BCUT2D eigenvalue weighted by Gasteiger charge is 2.45. The van der Waals surface area contributed by atoms with Crippen LogP contribution in [0.25, 0.3) is 0 Å². The molecule has 1 spiro atoms. The van der Waals surface area contributed by atoms with Crippen molar-refractivity contribution in [3.05, 3.63) is 34.9 Å². The van der Waals surface area contributed by atoms with Gasteiger partial charge in [0, 0.05) is 19.5 Å². The van der Waals surface area contributed by atoms with Crippen LogP contribution in [0.15, 0.2) is 18.2 Å². The topological polar surface area (TPSA) is 117 Å². The Hall–Kier alpha value is -2.62. The van der Waals surface area contributed by atoms with Crippen LogP contribution in [-0.2, 0) is 20.9 Å². The molecule has 33 heavy (non-hydrogen) atoms. The molecule has 3 N–H and O–H groups in total. The summed E-state index contributed by atoms with van der Waals surface area (Å²) < 4.78 is 6.50. The van der Waals surface area contributed by atoms with E-state index in [0.29, 0.717) is 24.2 Å². The summed E-state index contributed by atoms with van der Waals surface area (Å²) >= 11 is 0. The predicted octanol–water partition coefficient (Wildman–Crippen LogP) is 0.869. The van der Waals surface area contributed by atoms with E-state index in [-0.39, 0.29) is 30.5 Å². The molecule has 9 heteroatoms. The van der Waals surface area contributed by atoms with Crippen LogP contribution in [-0.4, -0.2) is 65.9 Å². The second-order valence-electron chi connectivity index (χ2n) is 9.48. The Morgan fingerprint density at radius 2 is 1.88 bits per heavy atom. The number of amides is 4. The number of hydrogen-bond acceptors (Lipinski definition) is 7. The van der Waals surface area contributed by atoms with Crippen LogP contribution in [0.3, 0.4) is 0 Å². The smallest absolute Gasteiger partial charge is 0.262 e. The van der Waals surface area contributed by atoms with Crippen LogP contribution in [0, 0.1) is 0 Å². The average Bonchev–Trinajstić information content (AvgIpc) is 3.05. The number of imide groups is 2. The number of carbonyl (C=O) groups is 4. The molecule has 0 aromatic heterocycles. The molecule has 3 fully saturated rings. The summed E-state index contributed by atoms with van der Waals surface area (Å²) in [7, 11) is 0. The largest absolute Gasteiger partial charge is 0.370 e. The second-order valence-corrected chi connectivity index (χ2v) is 9.48. The van der Waals surface area contributed by atoms with Gasteiger partial charge in [-0.05, 0) is 63.2 Å². The van der Waals surface area contributed by atoms with Crippen molar-refractivity contribution < 1.29 is 23.9 Å². The third-order valence-electron chi connectivity index (χ3n) is 7.33. The molecule has 2 unspecified atom stereocenters. The molecule has 0 bridgehead atoms. The molecule has 9 nitrogen and oxygen atoms in total. The maximum atomic E-state index is 13.2. The first kappa shape index (κ1) is 22.2. The standard InChI is InChI=1S/C24H30N4O5/c29-19-7-6-18(21(30)27-19)28-22(31)17-5-1-3-15(20(17)23(28)32)13-26-14-16-4-2-8-24(33-16)9-11-25-12-10-24/h1,3,5,16,18,25-26H,2,4,6-14H2,(H,27,29,30). The van der Waals surface area contributed by atoms with Gasteiger partial charge in [-0.15, -0.1) is 0 Å². The molecule has 176 valence electrons. The van der Waals surface area contributed by atoms with Crippen molar-refractivity contribution in [3.63, 3.8) is 0 Å². The first-order valence-electron chi connectivity index (χ1n) is 11.9. The van der Waals surface area contributed by atoms with Gasteiger partial charge in [0.15, 0.2) is 0 Å². The van der Waals surface area contributed by atoms with E-state index >= 15 is 0 Å². The maximum absolute atomic E-state index is 13.2. The SMILES string of the molecule is O=C1CCC(N2C(=O)c3cccc(CNCC4CCCC5(CCNCC5)O4)c3C2=O)C(=O)N1. The minimum atomic E-state index is -0.951. The Kier molecular flexibility index (Phi) is 6.03. The lowest BCUT2D eigenvalue weighted by atomic mass is 9.84. The van der Waals surface area contributed by atoms with Crippen LogP contribution in [0.4, 0.5) is 0 Å². The zero-order chi connectivity index (χ0) is 23.0. The Morgan fingerprint density at radius 1 is 1.06 bits per heavy atom. The van der Waals surface area contributed by atoms with Gasteiger partial charge in [-0.1, -0.05) is 12.1 Å². The van der Waals surface area contributed by atoms with Crippen LogP contribution < -0.4 is 16.0 Å². The van der Waals surface area contributed by atoms with Crippen molar-refractivity contribution >= 4 is 23.6 Å². The number of nitrogens with one attached hydrogen (secondary N) is 3. The highest BCUT2D eigenvalue weighted by Crippen LogP contribution is 2.35. The van der Waals surface area contributed by atoms with Gasteiger partial charge in [-0.25, -0.2) is 0 Å². The highest BCUT2D eigenvalue weighted by molar-refractivity contribution is 6.24. The van der Waals surface area contributed by atoms with E-state index in [1.54, 1.807) is 12.1 Å². The lowest BCUT2D eigenvalue weighted by Gasteiger charge is -2.44. The molecule has 0 saturated carbocycles. The molecule has 4 heterocycles. The first-order chi connectivity index (χ1) is 16.0. The van der Waals surface area contributed by atoms with Crippen molar-refractivity contribution in [2.45, 2.75) is 69.2 Å². The molecular formula is C24H30N4O5. The number of hydrogen-bond donors (Lipinski definition) is 3.